The van der Waals surface area contributed by atoms with Gasteiger partial charge in [0.1, 0.15) is 17.1 Å². The molecule has 0 radical (unpaired) electrons. The maximum atomic E-state index is 13.3. The molecule has 2 aromatic carbocycles. The summed E-state index contributed by atoms with van der Waals surface area (Å²) in [5, 5.41) is 23.8. The zero-order valence-corrected chi connectivity index (χ0v) is 24.0. The summed E-state index contributed by atoms with van der Waals surface area (Å²) in [6, 6.07) is 9.96. The molecule has 1 saturated heterocycles. The van der Waals surface area contributed by atoms with Crippen LogP contribution in [0.1, 0.15) is 67.5 Å². The third kappa shape index (κ3) is 6.24. The summed E-state index contributed by atoms with van der Waals surface area (Å²) in [4.78, 5) is 13.5. The Balaban J connectivity index is 1.34. The molecule has 2 N–H and O–H groups in total. The molecule has 1 spiro atoms. The zero-order chi connectivity index (χ0) is 29.5. The standard InChI is InChI=1S/C31H34F3NO5S/c1-18-16-41-17-25(18)22-6-7-26(40-31(32,33)34)24(14-22)20(3)35-12-10-30(11-13-35)9-8-21-4-5-23(15-27(21)39-30)28(36)19(2)29(37)38/h4-7,14-17,19-20,28,36H,8-13H2,1-3H3,(H,37,38)/t19-,20?,28+/m0/s1. The first kappa shape index (κ1) is 29.4. The fraction of sp³-hybridized carbons (Fsp3) is 0.452. The Labute approximate surface area is 241 Å². The van der Waals surface area contributed by atoms with Crippen LogP contribution in [0.5, 0.6) is 11.5 Å². The van der Waals surface area contributed by atoms with Crippen LogP contribution in [0.25, 0.3) is 11.1 Å². The highest BCUT2D eigenvalue weighted by atomic mass is 32.1. The molecule has 5 rings (SSSR count). The zero-order valence-electron chi connectivity index (χ0n) is 23.2. The summed E-state index contributed by atoms with van der Waals surface area (Å²) in [6.45, 7) is 6.62. The van der Waals surface area contributed by atoms with E-state index < -0.39 is 30.0 Å². The Morgan fingerprint density at radius 2 is 1.83 bits per heavy atom. The number of carboxylic acid groups (broad SMARTS) is 1. The first-order chi connectivity index (χ1) is 19.4. The molecule has 1 unspecified atom stereocenters. The molecule has 0 bridgehead atoms. The molecule has 2 aliphatic heterocycles. The van der Waals surface area contributed by atoms with Gasteiger partial charge >= 0.3 is 12.3 Å². The first-order valence-corrected chi connectivity index (χ1v) is 14.7. The van der Waals surface area contributed by atoms with E-state index in [4.69, 9.17) is 4.74 Å². The predicted molar refractivity (Wildman–Crippen MR) is 150 cm³/mol. The highest BCUT2D eigenvalue weighted by Crippen LogP contribution is 2.44. The molecule has 1 fully saturated rings. The number of fused-ring (bicyclic) bond motifs is 1. The highest BCUT2D eigenvalue weighted by molar-refractivity contribution is 7.08. The number of alkyl halides is 3. The number of aliphatic hydroxyl groups is 1. The number of hydrogen-bond acceptors (Lipinski definition) is 6. The summed E-state index contributed by atoms with van der Waals surface area (Å²) in [5.74, 6) is -1.56. The smallest absolute Gasteiger partial charge is 0.487 e. The van der Waals surface area contributed by atoms with Crippen LogP contribution in [-0.4, -0.2) is 46.1 Å². The van der Waals surface area contributed by atoms with Crippen molar-refractivity contribution in [2.24, 2.45) is 5.92 Å². The molecule has 220 valence electrons. The van der Waals surface area contributed by atoms with Crippen molar-refractivity contribution in [3.63, 3.8) is 0 Å². The number of thiophene rings is 1. The van der Waals surface area contributed by atoms with Gasteiger partial charge in [0.2, 0.25) is 0 Å². The van der Waals surface area contributed by atoms with E-state index in [1.807, 2.05) is 36.7 Å². The Kier molecular flexibility index (Phi) is 8.11. The van der Waals surface area contributed by atoms with Crippen LogP contribution >= 0.6 is 11.3 Å². The molecule has 10 heteroatoms. The monoisotopic (exact) mass is 589 g/mol. The number of rotatable bonds is 7. The van der Waals surface area contributed by atoms with E-state index in [1.54, 1.807) is 29.5 Å². The lowest BCUT2D eigenvalue weighted by Gasteiger charge is -2.46. The topological polar surface area (TPSA) is 79.2 Å². The molecule has 41 heavy (non-hydrogen) atoms. The van der Waals surface area contributed by atoms with Gasteiger partial charge in [0.25, 0.3) is 0 Å². The van der Waals surface area contributed by atoms with Crippen molar-refractivity contribution < 1.29 is 37.7 Å². The van der Waals surface area contributed by atoms with E-state index in [1.165, 1.54) is 13.0 Å². The van der Waals surface area contributed by atoms with Crippen LogP contribution in [0.2, 0.25) is 0 Å². The van der Waals surface area contributed by atoms with Crippen LogP contribution < -0.4 is 9.47 Å². The summed E-state index contributed by atoms with van der Waals surface area (Å²) >= 11 is 1.55. The molecule has 3 heterocycles. The predicted octanol–water partition coefficient (Wildman–Crippen LogP) is 7.30. The van der Waals surface area contributed by atoms with E-state index in [9.17, 15) is 28.2 Å². The van der Waals surface area contributed by atoms with E-state index >= 15 is 0 Å². The minimum atomic E-state index is -4.79. The Morgan fingerprint density at radius 3 is 2.46 bits per heavy atom. The summed E-state index contributed by atoms with van der Waals surface area (Å²) < 4.78 is 50.9. The van der Waals surface area contributed by atoms with Crippen LogP contribution in [0.15, 0.2) is 47.2 Å². The number of nitrogens with zero attached hydrogens (tertiary/aromatic N) is 1. The van der Waals surface area contributed by atoms with Crippen molar-refractivity contribution >= 4 is 17.3 Å². The number of benzene rings is 2. The lowest BCUT2D eigenvalue weighted by atomic mass is 9.82. The molecule has 0 aliphatic carbocycles. The van der Waals surface area contributed by atoms with E-state index in [-0.39, 0.29) is 11.8 Å². The highest BCUT2D eigenvalue weighted by Gasteiger charge is 2.41. The summed E-state index contributed by atoms with van der Waals surface area (Å²) in [7, 11) is 0. The quantitative estimate of drug-likeness (QED) is 0.301. The Morgan fingerprint density at radius 1 is 1.10 bits per heavy atom. The maximum absolute atomic E-state index is 13.3. The second-order valence-corrected chi connectivity index (χ2v) is 11.9. The van der Waals surface area contributed by atoms with Gasteiger partial charge in [-0.3, -0.25) is 9.69 Å². The lowest BCUT2D eigenvalue weighted by Crippen LogP contribution is -2.50. The molecule has 1 aromatic heterocycles. The molecular formula is C31H34F3NO5S. The van der Waals surface area contributed by atoms with Crippen LogP contribution in [-0.2, 0) is 11.2 Å². The second-order valence-electron chi connectivity index (χ2n) is 11.2. The minimum Gasteiger partial charge on any atom is -0.487 e. The van der Waals surface area contributed by atoms with E-state index in [0.717, 1.165) is 35.1 Å². The van der Waals surface area contributed by atoms with E-state index in [2.05, 4.69) is 9.64 Å². The maximum Gasteiger partial charge on any atom is 0.573 e. The van der Waals surface area contributed by atoms with Gasteiger partial charge in [-0.05, 0) is 103 Å². The molecule has 0 amide bonds. The Hall–Kier alpha value is -3.08. The number of carboxylic acids is 1. The minimum absolute atomic E-state index is 0.188. The number of carbonyl (C=O) groups is 1. The molecular weight excluding hydrogens is 555 g/mol. The van der Waals surface area contributed by atoms with Gasteiger partial charge in [0, 0.05) is 24.7 Å². The average Bonchev–Trinajstić information content (AvgIpc) is 3.37. The van der Waals surface area contributed by atoms with Gasteiger partial charge in [0.05, 0.1) is 12.0 Å². The number of hydrogen-bond donors (Lipinski definition) is 2. The normalized spacial score (nSPS) is 19.2. The number of likely N-dealkylation sites (tertiary alicyclic amines) is 1. The third-order valence-corrected chi connectivity index (χ3v) is 9.44. The van der Waals surface area contributed by atoms with Gasteiger partial charge in [-0.1, -0.05) is 18.2 Å². The number of aliphatic carboxylic acids is 1. The second kappa shape index (κ2) is 11.3. The summed E-state index contributed by atoms with van der Waals surface area (Å²) in [6.07, 6.45) is -2.96. The van der Waals surface area contributed by atoms with Gasteiger partial charge in [-0.15, -0.1) is 13.2 Å². The van der Waals surface area contributed by atoms with Gasteiger partial charge in [0.15, 0.2) is 0 Å². The van der Waals surface area contributed by atoms with Crippen molar-refractivity contribution in [2.45, 2.75) is 70.6 Å². The van der Waals surface area contributed by atoms with Crippen molar-refractivity contribution in [1.82, 2.24) is 4.90 Å². The average molecular weight is 590 g/mol. The molecule has 3 aromatic rings. The third-order valence-electron chi connectivity index (χ3n) is 8.58. The number of aliphatic hydroxyl groups excluding tert-OH is 1. The number of aryl methyl sites for hydroxylation is 2. The van der Waals surface area contributed by atoms with Crippen LogP contribution in [0, 0.1) is 12.8 Å². The molecule has 3 atom stereocenters. The lowest BCUT2D eigenvalue weighted by molar-refractivity contribution is -0.275. The Bertz CT molecular complexity index is 1410. The number of piperidine rings is 1. The molecule has 0 saturated carbocycles. The largest absolute Gasteiger partial charge is 0.573 e. The summed E-state index contributed by atoms with van der Waals surface area (Å²) in [5.41, 5.74) is 4.50. The van der Waals surface area contributed by atoms with Crippen molar-refractivity contribution in [1.29, 1.82) is 0 Å². The molecule has 2 aliphatic rings. The number of ether oxygens (including phenoxy) is 2. The van der Waals surface area contributed by atoms with Crippen molar-refractivity contribution in [2.75, 3.05) is 13.1 Å². The SMILES string of the molecule is Cc1cscc1-c1ccc(OC(F)(F)F)c(C(C)N2CCC3(CCc4ccc([C@H](O)[C@H](C)C(=O)O)cc4O3)CC2)c1. The molecule has 6 nitrogen and oxygen atoms in total. The van der Waals surface area contributed by atoms with Crippen LogP contribution in [0.3, 0.4) is 0 Å². The first-order valence-electron chi connectivity index (χ1n) is 13.8. The van der Waals surface area contributed by atoms with Gasteiger partial charge in [-0.2, -0.15) is 11.3 Å². The van der Waals surface area contributed by atoms with Gasteiger partial charge < -0.3 is 19.7 Å². The van der Waals surface area contributed by atoms with Crippen molar-refractivity contribution in [3.8, 4) is 22.6 Å². The van der Waals surface area contributed by atoms with Gasteiger partial charge in [-0.25, -0.2) is 0 Å². The van der Waals surface area contributed by atoms with Crippen molar-refractivity contribution in [3.05, 3.63) is 69.4 Å². The fourth-order valence-electron chi connectivity index (χ4n) is 5.91. The fourth-order valence-corrected chi connectivity index (χ4v) is 6.77. The number of halogens is 3. The van der Waals surface area contributed by atoms with E-state index in [0.29, 0.717) is 42.8 Å². The van der Waals surface area contributed by atoms with Crippen LogP contribution in [0.4, 0.5) is 13.2 Å².